The monoisotopic (exact) mass is 359 g/mol. The minimum atomic E-state index is -1.21. The van der Waals surface area contributed by atoms with Gasteiger partial charge in [0.15, 0.2) is 11.4 Å². The minimum Gasteiger partial charge on any atom is -0.505 e. The van der Waals surface area contributed by atoms with Crippen molar-refractivity contribution in [2.24, 2.45) is 0 Å². The summed E-state index contributed by atoms with van der Waals surface area (Å²) in [5.74, 6) is -2.20. The van der Waals surface area contributed by atoms with E-state index in [4.69, 9.17) is 9.52 Å². The van der Waals surface area contributed by atoms with Gasteiger partial charge in [0.1, 0.15) is 18.1 Å². The van der Waals surface area contributed by atoms with E-state index in [0.717, 1.165) is 11.6 Å². The van der Waals surface area contributed by atoms with E-state index in [2.05, 4.69) is 27.9 Å². The normalized spacial score (nSPS) is 12.0. The van der Waals surface area contributed by atoms with Crippen molar-refractivity contribution < 1.29 is 24.2 Å². The molecule has 1 atom stereocenters. The van der Waals surface area contributed by atoms with Gasteiger partial charge in [-0.05, 0) is 12.1 Å². The van der Waals surface area contributed by atoms with Crippen LogP contribution in [0.4, 0.5) is 0 Å². The van der Waals surface area contributed by atoms with Gasteiger partial charge >= 0.3 is 5.97 Å². The van der Waals surface area contributed by atoms with E-state index in [-0.39, 0.29) is 28.8 Å². The molecule has 3 aromatic rings. The summed E-state index contributed by atoms with van der Waals surface area (Å²) in [5.41, 5.74) is 0.583. The standard InChI is InChI=1S/C16H13N3O5S/c20-12-5-8-3-1-2-4-9(8)17-13(12)15-19-10(6-24-15)14(21)18-11(7-25)16(22)23/h1-6,11,20,25H,7H2,(H,18,21)(H,22,23). The number of hydrogen-bond acceptors (Lipinski definition) is 7. The Morgan fingerprint density at radius 3 is 2.76 bits per heavy atom. The molecule has 8 nitrogen and oxygen atoms in total. The largest absolute Gasteiger partial charge is 0.505 e. The zero-order chi connectivity index (χ0) is 18.0. The summed E-state index contributed by atoms with van der Waals surface area (Å²) in [6, 6.07) is 7.54. The van der Waals surface area contributed by atoms with Crippen LogP contribution in [0.2, 0.25) is 0 Å². The van der Waals surface area contributed by atoms with Gasteiger partial charge in [-0.3, -0.25) is 4.79 Å². The molecule has 2 aromatic heterocycles. The highest BCUT2D eigenvalue weighted by atomic mass is 32.1. The number of aliphatic carboxylic acids is 1. The number of pyridine rings is 1. The first-order valence-corrected chi connectivity index (χ1v) is 7.82. The maximum Gasteiger partial charge on any atom is 0.327 e. The molecule has 0 fully saturated rings. The molecule has 2 heterocycles. The van der Waals surface area contributed by atoms with E-state index in [0.29, 0.717) is 5.52 Å². The molecule has 1 amide bonds. The number of para-hydroxylation sites is 1. The third kappa shape index (κ3) is 3.41. The topological polar surface area (TPSA) is 126 Å². The van der Waals surface area contributed by atoms with Gasteiger partial charge in [0, 0.05) is 11.1 Å². The Kier molecular flexibility index (Phi) is 4.57. The molecule has 0 spiro atoms. The molecule has 0 radical (unpaired) electrons. The predicted octanol–water partition coefficient (Wildman–Crippen LogP) is 1.71. The van der Waals surface area contributed by atoms with Gasteiger partial charge in [0.25, 0.3) is 5.91 Å². The number of aromatic hydroxyl groups is 1. The lowest BCUT2D eigenvalue weighted by Crippen LogP contribution is -2.42. The molecule has 3 rings (SSSR count). The Hall–Kier alpha value is -3.07. The van der Waals surface area contributed by atoms with Crippen LogP contribution in [-0.2, 0) is 4.79 Å². The average Bonchev–Trinajstić information content (AvgIpc) is 3.08. The van der Waals surface area contributed by atoms with Crippen molar-refractivity contribution in [3.8, 4) is 17.3 Å². The second-order valence-electron chi connectivity index (χ2n) is 5.13. The van der Waals surface area contributed by atoms with Crippen molar-refractivity contribution in [3.63, 3.8) is 0 Å². The number of nitrogens with zero attached hydrogens (tertiary/aromatic N) is 2. The predicted molar refractivity (Wildman–Crippen MR) is 91.6 cm³/mol. The van der Waals surface area contributed by atoms with Gasteiger partial charge in [0.2, 0.25) is 5.89 Å². The van der Waals surface area contributed by atoms with Gasteiger partial charge in [-0.25, -0.2) is 14.8 Å². The lowest BCUT2D eigenvalue weighted by Gasteiger charge is -2.09. The lowest BCUT2D eigenvalue weighted by molar-refractivity contribution is -0.138. The number of nitrogens with one attached hydrogen (secondary N) is 1. The van der Waals surface area contributed by atoms with Crippen LogP contribution in [0, 0.1) is 0 Å². The summed E-state index contributed by atoms with van der Waals surface area (Å²) in [6.45, 7) is 0. The fourth-order valence-corrected chi connectivity index (χ4v) is 2.41. The zero-order valence-corrected chi connectivity index (χ0v) is 13.6. The van der Waals surface area contributed by atoms with E-state index < -0.39 is 17.9 Å². The van der Waals surface area contributed by atoms with Crippen LogP contribution in [0.5, 0.6) is 5.75 Å². The van der Waals surface area contributed by atoms with E-state index in [1.54, 1.807) is 18.2 Å². The smallest absolute Gasteiger partial charge is 0.327 e. The summed E-state index contributed by atoms with van der Waals surface area (Å²) < 4.78 is 5.22. The fourth-order valence-electron chi connectivity index (χ4n) is 2.17. The number of hydrogen-bond donors (Lipinski definition) is 4. The molecule has 128 valence electrons. The van der Waals surface area contributed by atoms with Crippen molar-refractivity contribution in [3.05, 3.63) is 42.3 Å². The Morgan fingerprint density at radius 1 is 1.28 bits per heavy atom. The zero-order valence-electron chi connectivity index (χ0n) is 12.7. The molecule has 1 unspecified atom stereocenters. The number of carboxylic acids is 1. The van der Waals surface area contributed by atoms with Gasteiger partial charge in [0.05, 0.1) is 5.52 Å². The lowest BCUT2D eigenvalue weighted by atomic mass is 10.2. The van der Waals surface area contributed by atoms with Crippen LogP contribution >= 0.6 is 12.6 Å². The molecule has 0 aliphatic rings. The highest BCUT2D eigenvalue weighted by molar-refractivity contribution is 7.80. The van der Waals surface area contributed by atoms with E-state index in [1.165, 1.54) is 6.07 Å². The molecule has 0 bridgehead atoms. The summed E-state index contributed by atoms with van der Waals surface area (Å²) in [4.78, 5) is 31.2. The maximum atomic E-state index is 12.0. The third-order valence-electron chi connectivity index (χ3n) is 3.43. The Bertz CT molecular complexity index is 956. The average molecular weight is 359 g/mol. The highest BCUT2D eigenvalue weighted by Crippen LogP contribution is 2.29. The number of rotatable bonds is 5. The van der Waals surface area contributed by atoms with Crippen molar-refractivity contribution in [1.82, 2.24) is 15.3 Å². The fraction of sp³-hybridized carbons (Fsp3) is 0.125. The number of thiol groups is 1. The van der Waals surface area contributed by atoms with Crippen LogP contribution < -0.4 is 5.32 Å². The van der Waals surface area contributed by atoms with Crippen LogP contribution in [-0.4, -0.2) is 43.9 Å². The van der Waals surface area contributed by atoms with Crippen LogP contribution in [0.3, 0.4) is 0 Å². The maximum absolute atomic E-state index is 12.0. The van der Waals surface area contributed by atoms with Gasteiger partial charge in [-0.15, -0.1) is 0 Å². The summed E-state index contributed by atoms with van der Waals surface area (Å²) in [5, 5.41) is 22.1. The minimum absolute atomic E-state index is 0.0499. The number of carboxylic acid groups (broad SMARTS) is 1. The molecule has 3 N–H and O–H groups in total. The number of aromatic nitrogens is 2. The van der Waals surface area contributed by atoms with Gasteiger partial charge < -0.3 is 19.9 Å². The molecule has 0 aliphatic carbocycles. The molecule has 1 aromatic carbocycles. The van der Waals surface area contributed by atoms with Gasteiger partial charge in [-0.2, -0.15) is 12.6 Å². The molecular formula is C16H13N3O5S. The van der Waals surface area contributed by atoms with E-state index >= 15 is 0 Å². The Balaban J connectivity index is 1.90. The van der Waals surface area contributed by atoms with Crippen molar-refractivity contribution in [2.45, 2.75) is 6.04 Å². The number of amides is 1. The highest BCUT2D eigenvalue weighted by Gasteiger charge is 2.22. The number of benzene rings is 1. The molecule has 0 aliphatic heterocycles. The van der Waals surface area contributed by atoms with Crippen molar-refractivity contribution in [1.29, 1.82) is 0 Å². The first kappa shape index (κ1) is 16.8. The third-order valence-corrected chi connectivity index (χ3v) is 3.79. The number of oxazole rings is 1. The Morgan fingerprint density at radius 2 is 2.04 bits per heavy atom. The summed E-state index contributed by atoms with van der Waals surface area (Å²) in [7, 11) is 0. The van der Waals surface area contributed by atoms with E-state index in [9.17, 15) is 14.7 Å². The SMILES string of the molecule is O=C(NC(CS)C(=O)O)c1coc(-c2nc3ccccc3cc2O)n1. The van der Waals surface area contributed by atoms with Crippen LogP contribution in [0.15, 0.2) is 41.0 Å². The summed E-state index contributed by atoms with van der Waals surface area (Å²) in [6.07, 6.45) is 1.07. The van der Waals surface area contributed by atoms with Gasteiger partial charge in [-0.1, -0.05) is 18.2 Å². The first-order valence-electron chi connectivity index (χ1n) is 7.18. The first-order chi connectivity index (χ1) is 12.0. The quantitative estimate of drug-likeness (QED) is 0.511. The molecular weight excluding hydrogens is 346 g/mol. The van der Waals surface area contributed by atoms with Crippen LogP contribution in [0.25, 0.3) is 22.5 Å². The number of carbonyl (C=O) groups is 2. The summed E-state index contributed by atoms with van der Waals surface area (Å²) >= 11 is 3.87. The second-order valence-corrected chi connectivity index (χ2v) is 5.50. The number of carbonyl (C=O) groups excluding carboxylic acids is 1. The molecule has 0 saturated heterocycles. The molecule has 25 heavy (non-hydrogen) atoms. The second kappa shape index (κ2) is 6.81. The Labute approximate surface area is 146 Å². The van der Waals surface area contributed by atoms with Crippen molar-refractivity contribution in [2.75, 3.05) is 5.75 Å². The van der Waals surface area contributed by atoms with Crippen LogP contribution in [0.1, 0.15) is 10.5 Å². The van der Waals surface area contributed by atoms with Crippen molar-refractivity contribution >= 4 is 35.4 Å². The number of fused-ring (bicyclic) bond motifs is 1. The molecule has 9 heteroatoms. The van der Waals surface area contributed by atoms with E-state index in [1.807, 2.05) is 6.07 Å². The molecule has 0 saturated carbocycles.